The predicted octanol–water partition coefficient (Wildman–Crippen LogP) is 2.28. The van der Waals surface area contributed by atoms with Gasteiger partial charge in [0.05, 0.1) is 4.90 Å². The number of pyridine rings is 1. The minimum Gasteiger partial charge on any atom is -0.352 e. The predicted molar refractivity (Wildman–Crippen MR) is 109 cm³/mol. The van der Waals surface area contributed by atoms with Crippen molar-refractivity contribution < 1.29 is 13.2 Å². The van der Waals surface area contributed by atoms with Crippen LogP contribution in [0.1, 0.15) is 46.0 Å². The van der Waals surface area contributed by atoms with Gasteiger partial charge in [0.1, 0.15) is 6.04 Å². The lowest BCUT2D eigenvalue weighted by Gasteiger charge is -2.22. The van der Waals surface area contributed by atoms with Gasteiger partial charge in [-0.05, 0) is 54.8 Å². The number of H-pyrrole nitrogens is 1. The molecule has 2 aromatic rings. The second-order valence-electron chi connectivity index (χ2n) is 7.87. The number of rotatable bonds is 7. The van der Waals surface area contributed by atoms with Gasteiger partial charge in [0.25, 0.3) is 0 Å². The average molecular weight is 406 g/mol. The van der Waals surface area contributed by atoms with E-state index < -0.39 is 16.1 Å². The average Bonchev–Trinajstić information content (AvgIpc) is 3.13. The first-order valence-corrected chi connectivity index (χ1v) is 11.2. The quantitative estimate of drug-likeness (QED) is 0.657. The molecule has 1 saturated carbocycles. The van der Waals surface area contributed by atoms with E-state index >= 15 is 0 Å². The number of nitrogens with one attached hydrogen (secondary N) is 3. The highest BCUT2D eigenvalue weighted by Gasteiger charge is 2.28. The number of carbonyl (C=O) groups excluding carboxylic acids is 1. The number of aromatic nitrogens is 1. The summed E-state index contributed by atoms with van der Waals surface area (Å²) < 4.78 is 28.4. The van der Waals surface area contributed by atoms with E-state index in [1.807, 2.05) is 13.8 Å². The van der Waals surface area contributed by atoms with Gasteiger partial charge in [-0.15, -0.1) is 0 Å². The van der Waals surface area contributed by atoms with E-state index in [2.05, 4.69) is 15.0 Å². The summed E-state index contributed by atoms with van der Waals surface area (Å²) in [6, 6.07) is 6.72. The third-order valence-electron chi connectivity index (χ3n) is 5.03. The molecule has 1 atom stereocenters. The van der Waals surface area contributed by atoms with Crippen molar-refractivity contribution in [2.75, 3.05) is 0 Å². The highest BCUT2D eigenvalue weighted by Crippen LogP contribution is 2.20. The molecule has 0 radical (unpaired) electrons. The van der Waals surface area contributed by atoms with Crippen molar-refractivity contribution in [3.8, 4) is 0 Å². The summed E-state index contributed by atoms with van der Waals surface area (Å²) in [7, 11) is -3.89. The smallest absolute Gasteiger partial charge is 0.248 e. The Morgan fingerprint density at radius 2 is 1.89 bits per heavy atom. The summed E-state index contributed by atoms with van der Waals surface area (Å²) >= 11 is 0. The molecule has 152 valence electrons. The summed E-state index contributed by atoms with van der Waals surface area (Å²) in [5, 5.41) is 3.60. The van der Waals surface area contributed by atoms with Crippen molar-refractivity contribution in [1.82, 2.24) is 15.0 Å². The first kappa shape index (κ1) is 20.5. The second kappa shape index (κ2) is 8.45. The lowest BCUT2D eigenvalue weighted by Crippen LogP contribution is -2.49. The molecule has 8 heteroatoms. The Kier molecular flexibility index (Phi) is 6.20. The van der Waals surface area contributed by atoms with Crippen LogP contribution >= 0.6 is 0 Å². The van der Waals surface area contributed by atoms with Crippen LogP contribution in [-0.4, -0.2) is 31.4 Å². The maximum absolute atomic E-state index is 12.9. The first-order chi connectivity index (χ1) is 13.2. The summed E-state index contributed by atoms with van der Waals surface area (Å²) in [5.41, 5.74) is 0.311. The standard InChI is InChI=1S/C20H27N3O4S/c1-13(2)11-18(20(25)21-15-5-3-4-6-15)23-28(26,27)16-8-9-17-14(12-16)7-10-19(24)22-17/h7-10,12-13,15,18,23H,3-6,11H2,1-2H3,(H,21,25)(H,22,24). The van der Waals surface area contributed by atoms with E-state index in [0.717, 1.165) is 25.7 Å². The van der Waals surface area contributed by atoms with Crippen molar-refractivity contribution in [3.05, 3.63) is 40.7 Å². The highest BCUT2D eigenvalue weighted by molar-refractivity contribution is 7.89. The van der Waals surface area contributed by atoms with Crippen LogP contribution in [0.3, 0.4) is 0 Å². The van der Waals surface area contributed by atoms with Gasteiger partial charge in [0.2, 0.25) is 21.5 Å². The molecule has 1 amide bonds. The van der Waals surface area contributed by atoms with Gasteiger partial charge in [-0.1, -0.05) is 26.7 Å². The van der Waals surface area contributed by atoms with E-state index in [1.54, 1.807) is 12.1 Å². The minimum absolute atomic E-state index is 0.0643. The fraction of sp³-hybridized carbons (Fsp3) is 0.500. The van der Waals surface area contributed by atoms with Crippen molar-refractivity contribution in [3.63, 3.8) is 0 Å². The maximum atomic E-state index is 12.9. The number of fused-ring (bicyclic) bond motifs is 1. The van der Waals surface area contributed by atoms with Gasteiger partial charge in [0.15, 0.2) is 0 Å². The molecule has 1 aliphatic rings. The molecule has 7 nitrogen and oxygen atoms in total. The fourth-order valence-electron chi connectivity index (χ4n) is 3.61. The van der Waals surface area contributed by atoms with E-state index in [1.165, 1.54) is 18.2 Å². The first-order valence-electron chi connectivity index (χ1n) is 9.70. The molecule has 1 fully saturated rings. The molecular formula is C20H27N3O4S. The monoisotopic (exact) mass is 405 g/mol. The molecule has 1 heterocycles. The third kappa shape index (κ3) is 4.99. The van der Waals surface area contributed by atoms with Gasteiger partial charge in [-0.3, -0.25) is 9.59 Å². The molecule has 1 aliphatic carbocycles. The normalized spacial score (nSPS) is 16.5. The lowest BCUT2D eigenvalue weighted by molar-refractivity contribution is -0.123. The van der Waals surface area contributed by atoms with E-state index in [4.69, 9.17) is 0 Å². The topological polar surface area (TPSA) is 108 Å². The zero-order chi connectivity index (χ0) is 20.3. The van der Waals surface area contributed by atoms with Crippen LogP contribution in [0.5, 0.6) is 0 Å². The number of sulfonamides is 1. The molecule has 1 aromatic heterocycles. The molecule has 0 bridgehead atoms. The van der Waals surface area contributed by atoms with Gasteiger partial charge < -0.3 is 10.3 Å². The van der Waals surface area contributed by atoms with Crippen LogP contribution in [0.25, 0.3) is 10.9 Å². The highest BCUT2D eigenvalue weighted by atomic mass is 32.2. The van der Waals surface area contributed by atoms with Crippen LogP contribution in [0.4, 0.5) is 0 Å². The Hall–Kier alpha value is -2.19. The zero-order valence-electron chi connectivity index (χ0n) is 16.2. The van der Waals surface area contributed by atoms with Crippen LogP contribution in [0, 0.1) is 5.92 Å². The van der Waals surface area contributed by atoms with Crippen LogP contribution in [0.15, 0.2) is 40.0 Å². The van der Waals surface area contributed by atoms with Crippen molar-refractivity contribution in [2.24, 2.45) is 5.92 Å². The van der Waals surface area contributed by atoms with Gasteiger partial charge in [0, 0.05) is 17.6 Å². The summed E-state index contributed by atoms with van der Waals surface area (Å²) in [6.07, 6.45) is 4.47. The molecule has 28 heavy (non-hydrogen) atoms. The lowest BCUT2D eigenvalue weighted by atomic mass is 10.0. The van der Waals surface area contributed by atoms with Crippen molar-refractivity contribution in [2.45, 2.75) is 62.9 Å². The molecule has 3 N–H and O–H groups in total. The number of benzene rings is 1. The van der Waals surface area contributed by atoms with Gasteiger partial charge >= 0.3 is 0 Å². The molecule has 0 spiro atoms. The maximum Gasteiger partial charge on any atom is 0.248 e. The van der Waals surface area contributed by atoms with Gasteiger partial charge in [-0.2, -0.15) is 4.72 Å². The van der Waals surface area contributed by atoms with E-state index in [9.17, 15) is 18.0 Å². The van der Waals surface area contributed by atoms with Crippen LogP contribution in [0.2, 0.25) is 0 Å². The second-order valence-corrected chi connectivity index (χ2v) is 9.58. The molecular weight excluding hydrogens is 378 g/mol. The minimum atomic E-state index is -3.89. The third-order valence-corrected chi connectivity index (χ3v) is 6.50. The van der Waals surface area contributed by atoms with E-state index in [-0.39, 0.29) is 28.3 Å². The SMILES string of the molecule is CC(C)CC(NS(=O)(=O)c1ccc2[nH]c(=O)ccc2c1)C(=O)NC1CCCC1. The Labute approximate surface area is 165 Å². The summed E-state index contributed by atoms with van der Waals surface area (Å²) in [6.45, 7) is 3.91. The molecule has 0 aliphatic heterocycles. The van der Waals surface area contributed by atoms with Crippen molar-refractivity contribution in [1.29, 1.82) is 0 Å². The van der Waals surface area contributed by atoms with Gasteiger partial charge in [-0.25, -0.2) is 8.42 Å². The summed E-state index contributed by atoms with van der Waals surface area (Å²) in [4.78, 5) is 26.8. The Morgan fingerprint density at radius 1 is 1.18 bits per heavy atom. The Morgan fingerprint density at radius 3 is 2.57 bits per heavy atom. The molecule has 3 rings (SSSR count). The molecule has 1 unspecified atom stereocenters. The molecule has 0 saturated heterocycles. The van der Waals surface area contributed by atoms with Crippen LogP contribution < -0.4 is 15.6 Å². The number of carbonyl (C=O) groups is 1. The Bertz CT molecular complexity index is 1010. The number of aromatic amines is 1. The molecule has 1 aromatic carbocycles. The summed E-state index contributed by atoms with van der Waals surface area (Å²) in [5.74, 6) is -0.113. The zero-order valence-corrected chi connectivity index (χ0v) is 17.0. The number of hydrogen-bond acceptors (Lipinski definition) is 4. The largest absolute Gasteiger partial charge is 0.352 e. The van der Waals surface area contributed by atoms with E-state index in [0.29, 0.717) is 17.3 Å². The fourth-order valence-corrected chi connectivity index (χ4v) is 4.85. The number of amides is 1. The Balaban J connectivity index is 1.82. The number of hydrogen-bond donors (Lipinski definition) is 3. The van der Waals surface area contributed by atoms with Crippen molar-refractivity contribution >= 4 is 26.8 Å². The van der Waals surface area contributed by atoms with Crippen LogP contribution in [-0.2, 0) is 14.8 Å².